The van der Waals surface area contributed by atoms with E-state index in [1.807, 2.05) is 18.2 Å². The summed E-state index contributed by atoms with van der Waals surface area (Å²) in [7, 11) is 2.71. The maximum atomic E-state index is 14.1. The summed E-state index contributed by atoms with van der Waals surface area (Å²) < 4.78 is 81.1. The number of nitrogen functional groups attached to an aromatic ring is 7. The number of nitrogens with one attached hydrogen (secondary N) is 2. The summed E-state index contributed by atoms with van der Waals surface area (Å²) in [6.45, 7) is 3.38. The standard InChI is InChI=1S/C20H19FN8O.C20H17FN6.C19H16F2N8O2.C19H17FN8O/c1-11(30)28(2)16-17(22)25-19(26-18(16)23)15-13-7-5-9-24-20(13)29(27-15)10-12-6-3-4-8-14(12)21;21-16-6-2-1-4-13(16)11-27-20-14(5-3-9-23-20)17(26-27)19-24-10-15(12-7-8-12)18(22)25-19;1-31-19(30)25-14-15(22)26-17(27-16(14)23)13-11-6-10(20)7-24-18(11)29(28-13)8-9-4-2-3-5-12(9)21;1-10(29)24-15-16(21)25-18(26-17(15)22)14-12-6-4-8-23-19(12)28(27-14)9-11-5-2-3-7-13(11)20/h3-9H,10H2,1-2H3,(H4,22,23,25,26);1-6,9-10,12H,7-8,11H2,(H2,22,24,25);2-7H,8H2,1H3,(H,25,30)(H4,22,23,26,27);2-8H,9H2,1H3,(H,24,29)(H4,21,22,25,26). The van der Waals surface area contributed by atoms with E-state index in [0.717, 1.165) is 30.0 Å². The molecule has 12 aromatic heterocycles. The minimum atomic E-state index is -0.805. The molecule has 1 aliphatic carbocycles. The summed E-state index contributed by atoms with van der Waals surface area (Å²) in [5.41, 5.74) is 48.8. The first-order valence-electron chi connectivity index (χ1n) is 35.6. The SMILES string of the molecule is CC(=O)N(C)c1c(N)nc(-c2nn(Cc3ccccc3F)c3ncccc23)nc1N.CC(=O)Nc1c(N)nc(-c2nn(Cc3ccccc3F)c3ncccc23)nc1N.COC(=O)Nc1c(N)nc(-c2nn(Cc3ccccc3F)c3ncc(F)cc23)nc1N.Nc1nc(-c2nn(Cc3ccccc3F)c3ncccc23)ncc1C1CC1. The van der Waals surface area contributed by atoms with Gasteiger partial charge in [-0.2, -0.15) is 20.4 Å². The van der Waals surface area contributed by atoms with E-state index in [2.05, 4.69) is 95.6 Å². The summed E-state index contributed by atoms with van der Waals surface area (Å²) in [5.74, 6) is -0.918. The Kier molecular flexibility index (Phi) is 22.1. The molecule has 16 aromatic rings. The first-order chi connectivity index (χ1) is 56.4. The molecule has 0 aliphatic heterocycles. The van der Waals surface area contributed by atoms with Gasteiger partial charge in [-0.3, -0.25) is 14.9 Å². The smallest absolute Gasteiger partial charge is 0.411 e. The molecule has 0 spiro atoms. The second-order valence-corrected chi connectivity index (χ2v) is 26.3. The molecular weight excluding hydrogens is 1520 g/mol. The number of anilines is 10. The van der Waals surface area contributed by atoms with E-state index in [9.17, 15) is 36.3 Å². The normalized spacial score (nSPS) is 11.7. The van der Waals surface area contributed by atoms with Crippen LogP contribution in [-0.2, 0) is 40.5 Å². The molecule has 0 bridgehead atoms. The molecule has 117 heavy (non-hydrogen) atoms. The zero-order chi connectivity index (χ0) is 82.5. The average molecular weight is 1590 g/mol. The second kappa shape index (κ2) is 33.2. The third-order valence-electron chi connectivity index (χ3n) is 18.3. The maximum Gasteiger partial charge on any atom is 0.411 e. The first-order valence-corrected chi connectivity index (χ1v) is 35.6. The highest BCUT2D eigenvalue weighted by atomic mass is 19.1. The Hall–Kier alpha value is -15.9. The van der Waals surface area contributed by atoms with Gasteiger partial charge in [0.1, 0.15) is 74.7 Å². The number of rotatable bonds is 16. The number of methoxy groups -OCH3 is 1. The fraction of sp³-hybridized carbons (Fsp3) is 0.141. The quantitative estimate of drug-likeness (QED) is 0.0406. The molecule has 0 atom stereocenters. The van der Waals surface area contributed by atoms with Gasteiger partial charge in [-0.25, -0.2) is 105 Å². The Morgan fingerprint density at radius 1 is 0.427 bits per heavy atom. The largest absolute Gasteiger partial charge is 0.453 e. The van der Waals surface area contributed by atoms with Gasteiger partial charge in [0.25, 0.3) is 0 Å². The van der Waals surface area contributed by atoms with Gasteiger partial charge < -0.3 is 55.1 Å². The van der Waals surface area contributed by atoms with Crippen LogP contribution < -0.4 is 55.7 Å². The Morgan fingerprint density at radius 2 is 0.769 bits per heavy atom. The van der Waals surface area contributed by atoms with Crippen LogP contribution in [0.4, 0.5) is 84.5 Å². The third-order valence-corrected chi connectivity index (χ3v) is 18.3. The zero-order valence-corrected chi connectivity index (χ0v) is 62.4. The number of benzene rings is 4. The molecular formula is C78H69F5N30O4. The number of nitrogens with two attached hydrogens (primary N) is 7. The van der Waals surface area contributed by atoms with Gasteiger partial charge >= 0.3 is 6.09 Å². The van der Waals surface area contributed by atoms with Gasteiger partial charge in [0.15, 0.2) is 80.8 Å². The fourth-order valence-corrected chi connectivity index (χ4v) is 12.4. The summed E-state index contributed by atoms with van der Waals surface area (Å²) >= 11 is 0. The van der Waals surface area contributed by atoms with Crippen LogP contribution in [0.15, 0.2) is 171 Å². The number of halogens is 5. The Bertz CT molecular complexity index is 6440. The van der Waals surface area contributed by atoms with Crippen LogP contribution >= 0.6 is 0 Å². The number of ether oxygens (including phenoxy) is 1. The highest BCUT2D eigenvalue weighted by Crippen LogP contribution is 2.43. The van der Waals surface area contributed by atoms with Crippen LogP contribution in [-0.4, -0.2) is 131 Å². The topological polar surface area (TPSA) is 496 Å². The Balaban J connectivity index is 0.000000129. The highest BCUT2D eigenvalue weighted by Gasteiger charge is 2.29. The molecule has 0 saturated heterocycles. The molecule has 1 fully saturated rings. The highest BCUT2D eigenvalue weighted by molar-refractivity contribution is 6.00. The van der Waals surface area contributed by atoms with E-state index in [0.29, 0.717) is 84.6 Å². The van der Waals surface area contributed by atoms with Crippen LogP contribution in [0, 0.1) is 29.1 Å². The van der Waals surface area contributed by atoms with Crippen molar-refractivity contribution in [1.82, 2.24) is 98.9 Å². The molecule has 34 nitrogen and oxygen atoms in total. The predicted octanol–water partition coefficient (Wildman–Crippen LogP) is 10.5. The summed E-state index contributed by atoms with van der Waals surface area (Å²) in [6.07, 6.45) is 9.23. The van der Waals surface area contributed by atoms with Crippen molar-refractivity contribution in [3.05, 3.63) is 227 Å². The molecule has 3 amide bonds. The number of hydrogen-bond acceptors (Lipinski definition) is 27. The molecule has 12 heterocycles. The van der Waals surface area contributed by atoms with Crippen molar-refractivity contribution in [1.29, 1.82) is 0 Å². The molecule has 4 aromatic carbocycles. The first kappa shape index (κ1) is 77.9. The van der Waals surface area contributed by atoms with Gasteiger partial charge in [0.2, 0.25) is 11.8 Å². The minimum Gasteiger partial charge on any atom is -0.453 e. The summed E-state index contributed by atoms with van der Waals surface area (Å²) in [6, 6.07) is 37.8. The number of aromatic nitrogens is 20. The minimum absolute atomic E-state index is 0.0170. The number of fused-ring (bicyclic) bond motifs is 4. The Morgan fingerprint density at radius 3 is 1.12 bits per heavy atom. The Labute approximate surface area is 659 Å². The van der Waals surface area contributed by atoms with Gasteiger partial charge in [0.05, 0.1) is 61.0 Å². The molecule has 17 rings (SSSR count). The number of pyridine rings is 4. The predicted molar refractivity (Wildman–Crippen MR) is 428 cm³/mol. The van der Waals surface area contributed by atoms with E-state index < -0.39 is 17.7 Å². The van der Waals surface area contributed by atoms with Gasteiger partial charge in [-0.05, 0) is 85.5 Å². The molecule has 16 N–H and O–H groups in total. The molecule has 0 unspecified atom stereocenters. The van der Waals surface area contributed by atoms with E-state index in [-0.39, 0.29) is 142 Å². The van der Waals surface area contributed by atoms with Crippen molar-refractivity contribution in [2.24, 2.45) is 0 Å². The maximum absolute atomic E-state index is 14.1. The summed E-state index contributed by atoms with van der Waals surface area (Å²) in [5, 5.41) is 25.4. The monoisotopic (exact) mass is 1580 g/mol. The van der Waals surface area contributed by atoms with Crippen LogP contribution in [0.1, 0.15) is 60.4 Å². The van der Waals surface area contributed by atoms with Crippen LogP contribution in [0.5, 0.6) is 0 Å². The summed E-state index contributed by atoms with van der Waals surface area (Å²) in [4.78, 5) is 87.3. The van der Waals surface area contributed by atoms with Crippen molar-refractivity contribution < 1.29 is 41.1 Å². The van der Waals surface area contributed by atoms with Gasteiger partial charge in [0, 0.05) is 73.5 Å². The molecule has 590 valence electrons. The lowest BCUT2D eigenvalue weighted by Gasteiger charge is -2.18. The van der Waals surface area contributed by atoms with Crippen molar-refractivity contribution in [2.45, 2.75) is 58.8 Å². The molecule has 0 radical (unpaired) electrons. The number of amides is 3. The number of carbonyl (C=O) groups excluding carboxylic acids is 3. The average Bonchev–Trinajstić information content (AvgIpc) is 1.64. The lowest BCUT2D eigenvalue weighted by Crippen LogP contribution is -2.26. The molecule has 39 heteroatoms. The van der Waals surface area contributed by atoms with Crippen LogP contribution in [0.25, 0.3) is 90.2 Å². The van der Waals surface area contributed by atoms with Crippen molar-refractivity contribution in [2.75, 3.05) is 69.8 Å². The number of hydrogen-bond donors (Lipinski definition) is 9. The van der Waals surface area contributed by atoms with Crippen molar-refractivity contribution in [3.63, 3.8) is 0 Å². The van der Waals surface area contributed by atoms with Crippen molar-refractivity contribution >= 4 is 120 Å². The lowest BCUT2D eigenvalue weighted by atomic mass is 10.2. The zero-order valence-electron chi connectivity index (χ0n) is 62.4. The number of nitrogens with zero attached hydrogens (tertiary/aromatic N) is 21. The van der Waals surface area contributed by atoms with Gasteiger partial charge in [-0.15, -0.1) is 0 Å². The van der Waals surface area contributed by atoms with E-state index in [1.165, 1.54) is 67.9 Å². The fourth-order valence-electron chi connectivity index (χ4n) is 12.4. The lowest BCUT2D eigenvalue weighted by molar-refractivity contribution is -0.116. The third kappa shape index (κ3) is 16.7. The molecule has 1 saturated carbocycles. The second-order valence-electron chi connectivity index (χ2n) is 26.3. The van der Waals surface area contributed by atoms with E-state index >= 15 is 0 Å². The molecule has 1 aliphatic rings. The number of carbonyl (C=O) groups is 3. The van der Waals surface area contributed by atoms with E-state index in [1.54, 1.807) is 130 Å². The van der Waals surface area contributed by atoms with Crippen LogP contribution in [0.3, 0.4) is 0 Å². The van der Waals surface area contributed by atoms with Crippen molar-refractivity contribution in [3.8, 4) is 46.1 Å². The van der Waals surface area contributed by atoms with Gasteiger partial charge in [-0.1, -0.05) is 72.8 Å². The van der Waals surface area contributed by atoms with Crippen LogP contribution in [0.2, 0.25) is 0 Å². The van der Waals surface area contributed by atoms with E-state index in [4.69, 9.17) is 40.1 Å².